The van der Waals surface area contributed by atoms with E-state index in [4.69, 9.17) is 10.5 Å². The van der Waals surface area contributed by atoms with Crippen molar-refractivity contribution in [2.24, 2.45) is 11.7 Å². The first kappa shape index (κ1) is 19.7. The quantitative estimate of drug-likeness (QED) is 0.714. The molecule has 6 heteroatoms. The van der Waals surface area contributed by atoms with Crippen molar-refractivity contribution in [2.45, 2.75) is 32.4 Å². The monoisotopic (exact) mass is 316 g/mol. The van der Waals surface area contributed by atoms with Crippen molar-refractivity contribution in [3.05, 3.63) is 29.8 Å². The Morgan fingerprint density at radius 2 is 2.00 bits per heavy atom. The summed E-state index contributed by atoms with van der Waals surface area (Å²) in [6.45, 7) is 4.14. The maximum atomic E-state index is 11.8. The molecule has 0 aliphatic heterocycles. The second kappa shape index (κ2) is 9.60. The number of hydrogen-bond donors (Lipinski definition) is 3. The second-order valence-corrected chi connectivity index (χ2v) is 5.24. The van der Waals surface area contributed by atoms with Crippen LogP contribution in [0.4, 0.5) is 0 Å². The molecule has 0 bridgehead atoms. The lowest BCUT2D eigenvalue weighted by molar-refractivity contribution is -0.123. The fraction of sp³-hybridized carbons (Fsp3) is 0.533. The Morgan fingerprint density at radius 3 is 2.57 bits per heavy atom. The second-order valence-electron chi connectivity index (χ2n) is 5.24. The number of halogens is 1. The van der Waals surface area contributed by atoms with Gasteiger partial charge in [-0.15, -0.1) is 12.4 Å². The molecular formula is C15H25ClN2O3. The molecule has 0 radical (unpaired) electrons. The van der Waals surface area contributed by atoms with Gasteiger partial charge < -0.3 is 20.9 Å². The lowest BCUT2D eigenvalue weighted by atomic mass is 10.0. The molecule has 4 N–H and O–H groups in total. The van der Waals surface area contributed by atoms with Gasteiger partial charge in [0.15, 0.2) is 0 Å². The lowest BCUT2D eigenvalue weighted by Gasteiger charge is -2.18. The van der Waals surface area contributed by atoms with Crippen LogP contribution in [0.1, 0.15) is 31.9 Å². The largest absolute Gasteiger partial charge is 0.496 e. The summed E-state index contributed by atoms with van der Waals surface area (Å²) in [5, 5.41) is 12.8. The number of carbonyl (C=O) groups excluding carboxylic acids is 1. The van der Waals surface area contributed by atoms with Crippen LogP contribution in [0.3, 0.4) is 0 Å². The number of carbonyl (C=O) groups is 1. The van der Waals surface area contributed by atoms with Crippen LogP contribution in [-0.2, 0) is 4.79 Å². The number of aliphatic hydroxyl groups is 1. The van der Waals surface area contributed by atoms with Gasteiger partial charge in [-0.2, -0.15) is 0 Å². The fourth-order valence-electron chi connectivity index (χ4n) is 1.99. The van der Waals surface area contributed by atoms with E-state index in [0.29, 0.717) is 23.7 Å². The topological polar surface area (TPSA) is 84.6 Å². The van der Waals surface area contributed by atoms with Gasteiger partial charge in [0.1, 0.15) is 5.75 Å². The summed E-state index contributed by atoms with van der Waals surface area (Å²) < 4.78 is 5.18. The molecule has 0 saturated heterocycles. The average Bonchev–Trinajstić information content (AvgIpc) is 2.43. The molecular weight excluding hydrogens is 292 g/mol. The first-order chi connectivity index (χ1) is 9.45. The lowest BCUT2D eigenvalue weighted by Crippen LogP contribution is -2.42. The van der Waals surface area contributed by atoms with E-state index in [-0.39, 0.29) is 24.9 Å². The summed E-state index contributed by atoms with van der Waals surface area (Å²) in [6.07, 6.45) is -0.197. The Balaban J connectivity index is 0.00000400. The number of aliphatic hydroxyl groups excluding tert-OH is 1. The molecule has 0 heterocycles. The molecule has 0 spiro atoms. The number of ether oxygens (including phenoxy) is 1. The third kappa shape index (κ3) is 6.33. The molecule has 0 aliphatic rings. The maximum absolute atomic E-state index is 11.8. The van der Waals surface area contributed by atoms with Crippen molar-refractivity contribution in [3.63, 3.8) is 0 Å². The average molecular weight is 317 g/mol. The van der Waals surface area contributed by atoms with Crippen molar-refractivity contribution in [1.29, 1.82) is 0 Å². The highest BCUT2D eigenvalue weighted by Crippen LogP contribution is 2.23. The predicted octanol–water partition coefficient (Wildman–Crippen LogP) is 1.64. The third-order valence-corrected chi connectivity index (χ3v) is 3.03. The van der Waals surface area contributed by atoms with Crippen LogP contribution in [0.25, 0.3) is 0 Å². The van der Waals surface area contributed by atoms with Crippen molar-refractivity contribution in [1.82, 2.24) is 5.32 Å². The zero-order chi connectivity index (χ0) is 15.1. The molecule has 21 heavy (non-hydrogen) atoms. The van der Waals surface area contributed by atoms with Crippen LogP contribution in [0, 0.1) is 5.92 Å². The van der Waals surface area contributed by atoms with Gasteiger partial charge in [-0.05, 0) is 18.4 Å². The zero-order valence-electron chi connectivity index (χ0n) is 12.7. The maximum Gasteiger partial charge on any atom is 0.237 e. The van der Waals surface area contributed by atoms with E-state index in [1.165, 1.54) is 0 Å². The standard InChI is InChI=1S/C15H24N2O3.ClH/c1-10(2)8-12(16)15(19)17-9-13(18)11-6-4-5-7-14(11)20-3;/h4-7,10,12-13,18H,8-9,16H2,1-3H3,(H,17,19);1H/t12-,13?;/m0./s1. The summed E-state index contributed by atoms with van der Waals surface area (Å²) in [5.41, 5.74) is 6.43. The van der Waals surface area contributed by atoms with E-state index in [1.54, 1.807) is 19.2 Å². The van der Waals surface area contributed by atoms with E-state index in [9.17, 15) is 9.90 Å². The van der Waals surface area contributed by atoms with E-state index in [2.05, 4.69) is 5.32 Å². The van der Waals surface area contributed by atoms with E-state index >= 15 is 0 Å². The summed E-state index contributed by atoms with van der Waals surface area (Å²) in [7, 11) is 1.54. The Hall–Kier alpha value is -1.30. The number of benzene rings is 1. The van der Waals surface area contributed by atoms with Crippen molar-refractivity contribution >= 4 is 18.3 Å². The molecule has 5 nitrogen and oxygen atoms in total. The molecule has 0 aliphatic carbocycles. The van der Waals surface area contributed by atoms with Crippen LogP contribution in [0.5, 0.6) is 5.75 Å². The molecule has 0 fully saturated rings. The van der Waals surface area contributed by atoms with Crippen LogP contribution in [0.15, 0.2) is 24.3 Å². The smallest absolute Gasteiger partial charge is 0.237 e. The van der Waals surface area contributed by atoms with Crippen LogP contribution < -0.4 is 15.8 Å². The van der Waals surface area contributed by atoms with Gasteiger partial charge in [0, 0.05) is 12.1 Å². The predicted molar refractivity (Wildman–Crippen MR) is 85.6 cm³/mol. The van der Waals surface area contributed by atoms with Crippen molar-refractivity contribution in [2.75, 3.05) is 13.7 Å². The molecule has 1 rings (SSSR count). The molecule has 0 saturated carbocycles. The van der Waals surface area contributed by atoms with Crippen LogP contribution in [-0.4, -0.2) is 30.7 Å². The summed E-state index contributed by atoms with van der Waals surface area (Å²) in [5.74, 6) is 0.711. The van der Waals surface area contributed by atoms with Gasteiger partial charge in [-0.1, -0.05) is 32.0 Å². The van der Waals surface area contributed by atoms with Gasteiger partial charge in [0.25, 0.3) is 0 Å². The SMILES string of the molecule is COc1ccccc1C(O)CNC(=O)[C@@H](N)CC(C)C.Cl. The Bertz CT molecular complexity index is 441. The zero-order valence-corrected chi connectivity index (χ0v) is 13.5. The third-order valence-electron chi connectivity index (χ3n) is 3.03. The number of amides is 1. The summed E-state index contributed by atoms with van der Waals surface area (Å²) in [4.78, 5) is 11.8. The molecule has 1 aromatic carbocycles. The van der Waals surface area contributed by atoms with E-state index < -0.39 is 12.1 Å². The molecule has 1 amide bonds. The normalized spacial score (nSPS) is 13.2. The molecule has 1 unspecified atom stereocenters. The van der Waals surface area contributed by atoms with Gasteiger partial charge in [-0.3, -0.25) is 4.79 Å². The number of nitrogens with two attached hydrogens (primary N) is 1. The van der Waals surface area contributed by atoms with Crippen molar-refractivity contribution in [3.8, 4) is 5.75 Å². The minimum absolute atomic E-state index is 0. The molecule has 0 aromatic heterocycles. The highest BCUT2D eigenvalue weighted by molar-refractivity contribution is 5.85. The number of nitrogens with one attached hydrogen (secondary N) is 1. The van der Waals surface area contributed by atoms with Gasteiger partial charge in [-0.25, -0.2) is 0 Å². The first-order valence-electron chi connectivity index (χ1n) is 6.80. The Morgan fingerprint density at radius 1 is 1.38 bits per heavy atom. The fourth-order valence-corrected chi connectivity index (χ4v) is 1.99. The number of hydrogen-bond acceptors (Lipinski definition) is 4. The van der Waals surface area contributed by atoms with Crippen molar-refractivity contribution < 1.29 is 14.6 Å². The van der Waals surface area contributed by atoms with Crippen LogP contribution >= 0.6 is 12.4 Å². The highest BCUT2D eigenvalue weighted by Gasteiger charge is 2.18. The Labute approximate surface area is 132 Å². The van der Waals surface area contributed by atoms with E-state index in [0.717, 1.165) is 0 Å². The van der Waals surface area contributed by atoms with Gasteiger partial charge >= 0.3 is 0 Å². The minimum atomic E-state index is -0.818. The summed E-state index contributed by atoms with van der Waals surface area (Å²) in [6, 6.07) is 6.63. The van der Waals surface area contributed by atoms with Gasteiger partial charge in [0.05, 0.1) is 19.3 Å². The highest BCUT2D eigenvalue weighted by atomic mass is 35.5. The minimum Gasteiger partial charge on any atom is -0.496 e. The van der Waals surface area contributed by atoms with E-state index in [1.807, 2.05) is 26.0 Å². The first-order valence-corrected chi connectivity index (χ1v) is 6.80. The Kier molecular flexibility index (Phi) is 9.01. The number of para-hydroxylation sites is 1. The number of methoxy groups -OCH3 is 1. The molecule has 2 atom stereocenters. The molecule has 1 aromatic rings. The van der Waals surface area contributed by atoms with Crippen LogP contribution in [0.2, 0.25) is 0 Å². The number of rotatable bonds is 7. The van der Waals surface area contributed by atoms with Gasteiger partial charge in [0.2, 0.25) is 5.91 Å². The molecule has 120 valence electrons. The summed E-state index contributed by atoms with van der Waals surface area (Å²) >= 11 is 0.